The Bertz CT molecular complexity index is 490. The van der Waals surface area contributed by atoms with Gasteiger partial charge in [0, 0.05) is 19.3 Å². The first-order chi connectivity index (χ1) is 9.56. The van der Waals surface area contributed by atoms with Crippen LogP contribution in [0.15, 0.2) is 18.3 Å². The fraction of sp³-hybridized carbons (Fsp3) is 0.500. The molecule has 6 heteroatoms. The number of ether oxygens (including phenoxy) is 1. The maximum absolute atomic E-state index is 11.9. The second-order valence-corrected chi connectivity index (χ2v) is 5.42. The lowest BCUT2D eigenvalue weighted by molar-refractivity contribution is -0.136. The minimum atomic E-state index is -0.562. The summed E-state index contributed by atoms with van der Waals surface area (Å²) >= 11 is 5.64. The highest BCUT2D eigenvalue weighted by atomic mass is 35.5. The molecule has 1 atom stereocenters. The lowest BCUT2D eigenvalue weighted by Crippen LogP contribution is -2.41. The molecule has 0 aromatic carbocycles. The van der Waals surface area contributed by atoms with E-state index in [0.717, 1.165) is 25.9 Å². The highest BCUT2D eigenvalue weighted by Crippen LogP contribution is 2.15. The lowest BCUT2D eigenvalue weighted by Gasteiger charge is -2.30. The third-order valence-electron chi connectivity index (χ3n) is 3.30. The highest BCUT2D eigenvalue weighted by molar-refractivity contribution is 6.29. The van der Waals surface area contributed by atoms with Crippen LogP contribution in [0.3, 0.4) is 0 Å². The van der Waals surface area contributed by atoms with E-state index in [-0.39, 0.29) is 18.1 Å². The Morgan fingerprint density at radius 2 is 2.30 bits per heavy atom. The second-order valence-electron chi connectivity index (χ2n) is 5.03. The van der Waals surface area contributed by atoms with Crippen molar-refractivity contribution in [2.75, 3.05) is 19.7 Å². The van der Waals surface area contributed by atoms with Crippen LogP contribution in [0.25, 0.3) is 0 Å². The lowest BCUT2D eigenvalue weighted by atomic mass is 10.0. The maximum atomic E-state index is 11.9. The Morgan fingerprint density at radius 3 is 2.95 bits per heavy atom. The molecule has 0 bridgehead atoms. The first-order valence-electron chi connectivity index (χ1n) is 6.62. The van der Waals surface area contributed by atoms with Crippen LogP contribution in [0, 0.1) is 5.92 Å². The molecule has 2 heterocycles. The van der Waals surface area contributed by atoms with Crippen LogP contribution >= 0.6 is 11.6 Å². The normalized spacial score (nSPS) is 18.7. The zero-order valence-corrected chi connectivity index (χ0v) is 12.1. The van der Waals surface area contributed by atoms with Crippen molar-refractivity contribution in [1.82, 2.24) is 9.88 Å². The van der Waals surface area contributed by atoms with Gasteiger partial charge in [-0.15, -0.1) is 0 Å². The molecular weight excluding hydrogens is 280 g/mol. The van der Waals surface area contributed by atoms with Crippen molar-refractivity contribution < 1.29 is 14.3 Å². The van der Waals surface area contributed by atoms with Gasteiger partial charge >= 0.3 is 5.97 Å². The van der Waals surface area contributed by atoms with Crippen molar-refractivity contribution in [3.63, 3.8) is 0 Å². The Morgan fingerprint density at radius 1 is 1.50 bits per heavy atom. The molecule has 1 aromatic rings. The van der Waals surface area contributed by atoms with Crippen molar-refractivity contribution in [3.05, 3.63) is 29.0 Å². The molecule has 1 saturated heterocycles. The van der Waals surface area contributed by atoms with E-state index in [9.17, 15) is 9.59 Å². The highest BCUT2D eigenvalue weighted by Gasteiger charge is 2.22. The number of amides is 1. The first kappa shape index (κ1) is 14.8. The van der Waals surface area contributed by atoms with Crippen molar-refractivity contribution in [2.24, 2.45) is 5.92 Å². The molecule has 1 aliphatic rings. The van der Waals surface area contributed by atoms with Crippen LogP contribution in [-0.2, 0) is 9.53 Å². The third kappa shape index (κ3) is 3.93. The van der Waals surface area contributed by atoms with Crippen LogP contribution in [0.4, 0.5) is 0 Å². The molecule has 0 aliphatic carbocycles. The molecule has 1 fully saturated rings. The largest absolute Gasteiger partial charge is 0.452 e. The Balaban J connectivity index is 1.83. The van der Waals surface area contributed by atoms with Crippen LogP contribution < -0.4 is 0 Å². The van der Waals surface area contributed by atoms with Gasteiger partial charge in [0.15, 0.2) is 6.61 Å². The fourth-order valence-electron chi connectivity index (χ4n) is 2.21. The van der Waals surface area contributed by atoms with Crippen LogP contribution in [0.2, 0.25) is 5.15 Å². The van der Waals surface area contributed by atoms with Crippen molar-refractivity contribution in [3.8, 4) is 0 Å². The summed E-state index contributed by atoms with van der Waals surface area (Å²) in [7, 11) is 0. The Labute approximate surface area is 122 Å². The van der Waals surface area contributed by atoms with Gasteiger partial charge in [-0.05, 0) is 30.9 Å². The monoisotopic (exact) mass is 296 g/mol. The summed E-state index contributed by atoms with van der Waals surface area (Å²) in [5.41, 5.74) is 0.286. The number of piperidine rings is 1. The number of carbonyl (C=O) groups is 2. The number of hydrogen-bond acceptors (Lipinski definition) is 4. The van der Waals surface area contributed by atoms with E-state index in [1.54, 1.807) is 4.90 Å². The van der Waals surface area contributed by atoms with E-state index in [1.807, 2.05) is 0 Å². The van der Waals surface area contributed by atoms with Gasteiger partial charge in [0.1, 0.15) is 5.15 Å². The van der Waals surface area contributed by atoms with E-state index < -0.39 is 5.97 Å². The number of hydrogen-bond donors (Lipinski definition) is 0. The molecule has 0 saturated carbocycles. The summed E-state index contributed by atoms with van der Waals surface area (Å²) in [6.07, 6.45) is 3.47. The molecule has 0 radical (unpaired) electrons. The van der Waals surface area contributed by atoms with Crippen molar-refractivity contribution in [2.45, 2.75) is 19.8 Å². The van der Waals surface area contributed by atoms with Gasteiger partial charge in [-0.3, -0.25) is 4.79 Å². The van der Waals surface area contributed by atoms with Crippen molar-refractivity contribution >= 4 is 23.5 Å². The number of likely N-dealkylation sites (tertiary alicyclic amines) is 1. The molecule has 108 valence electrons. The molecule has 0 unspecified atom stereocenters. The topological polar surface area (TPSA) is 59.5 Å². The minimum Gasteiger partial charge on any atom is -0.452 e. The van der Waals surface area contributed by atoms with E-state index >= 15 is 0 Å². The van der Waals surface area contributed by atoms with E-state index in [1.165, 1.54) is 18.3 Å². The zero-order chi connectivity index (χ0) is 14.5. The SMILES string of the molecule is C[C@H]1CCCN(C(=O)COC(=O)c2ccc(Cl)nc2)C1. The number of halogens is 1. The third-order valence-corrected chi connectivity index (χ3v) is 3.52. The predicted octanol–water partition coefficient (Wildman–Crippen LogP) is 2.15. The number of pyridine rings is 1. The molecule has 0 N–H and O–H groups in total. The Hall–Kier alpha value is -1.62. The number of rotatable bonds is 3. The summed E-state index contributed by atoms with van der Waals surface area (Å²) < 4.78 is 5.00. The maximum Gasteiger partial charge on any atom is 0.340 e. The summed E-state index contributed by atoms with van der Waals surface area (Å²) in [6, 6.07) is 3.03. The summed E-state index contributed by atoms with van der Waals surface area (Å²) in [6.45, 7) is 3.36. The molecule has 20 heavy (non-hydrogen) atoms. The van der Waals surface area contributed by atoms with E-state index in [4.69, 9.17) is 16.3 Å². The average molecular weight is 297 g/mol. The van der Waals surface area contributed by atoms with Gasteiger partial charge < -0.3 is 9.64 Å². The average Bonchev–Trinajstić information content (AvgIpc) is 2.45. The van der Waals surface area contributed by atoms with E-state index in [2.05, 4.69) is 11.9 Å². The first-order valence-corrected chi connectivity index (χ1v) is 7.00. The number of esters is 1. The predicted molar refractivity (Wildman–Crippen MR) is 74.5 cm³/mol. The number of nitrogens with zero attached hydrogens (tertiary/aromatic N) is 2. The smallest absolute Gasteiger partial charge is 0.340 e. The van der Waals surface area contributed by atoms with Gasteiger partial charge in [0.2, 0.25) is 0 Å². The standard InChI is InChI=1S/C14H17ClN2O3/c1-10-3-2-6-17(8-10)13(18)9-20-14(19)11-4-5-12(15)16-7-11/h4-5,7,10H,2-3,6,8-9H2,1H3/t10-/m0/s1. The molecule has 0 spiro atoms. The van der Waals surface area contributed by atoms with Gasteiger partial charge in [0.05, 0.1) is 5.56 Å². The zero-order valence-electron chi connectivity index (χ0n) is 11.3. The van der Waals surface area contributed by atoms with E-state index in [0.29, 0.717) is 11.1 Å². The molecule has 5 nitrogen and oxygen atoms in total. The molecular formula is C14H17ClN2O3. The van der Waals surface area contributed by atoms with Gasteiger partial charge in [-0.1, -0.05) is 18.5 Å². The van der Waals surface area contributed by atoms with Crippen LogP contribution in [0.5, 0.6) is 0 Å². The van der Waals surface area contributed by atoms with Crippen molar-refractivity contribution in [1.29, 1.82) is 0 Å². The molecule has 1 amide bonds. The summed E-state index contributed by atoms with van der Waals surface area (Å²) in [5.74, 6) is -0.205. The van der Waals surface area contributed by atoms with Gasteiger partial charge in [-0.2, -0.15) is 0 Å². The number of carbonyl (C=O) groups excluding carboxylic acids is 2. The molecule has 1 aromatic heterocycles. The second kappa shape index (κ2) is 6.70. The summed E-state index contributed by atoms with van der Waals surface area (Å²) in [5, 5.41) is 0.305. The quantitative estimate of drug-likeness (QED) is 0.633. The summed E-state index contributed by atoms with van der Waals surface area (Å²) in [4.78, 5) is 29.2. The van der Waals surface area contributed by atoms with Crippen LogP contribution in [-0.4, -0.2) is 41.5 Å². The van der Waals surface area contributed by atoms with Crippen LogP contribution in [0.1, 0.15) is 30.1 Å². The Kier molecular flexibility index (Phi) is 4.95. The molecule has 2 rings (SSSR count). The number of aromatic nitrogens is 1. The van der Waals surface area contributed by atoms with Gasteiger partial charge in [0.25, 0.3) is 5.91 Å². The molecule has 1 aliphatic heterocycles. The minimum absolute atomic E-state index is 0.146. The fourth-order valence-corrected chi connectivity index (χ4v) is 2.33. The van der Waals surface area contributed by atoms with Gasteiger partial charge in [-0.25, -0.2) is 9.78 Å².